The molecule has 2 aliphatic rings. The summed E-state index contributed by atoms with van der Waals surface area (Å²) in [6.07, 6.45) is 0.938. The van der Waals surface area contributed by atoms with E-state index in [9.17, 15) is 28.8 Å². The van der Waals surface area contributed by atoms with Crippen molar-refractivity contribution in [3.8, 4) is 58.9 Å². The average molecular weight is 1070 g/mol. The summed E-state index contributed by atoms with van der Waals surface area (Å²) in [5.74, 6) is 21.1. The van der Waals surface area contributed by atoms with Crippen LogP contribution in [0.1, 0.15) is 46.2 Å². The molecule has 0 radical (unpaired) electrons. The molecule has 6 aromatic carbocycles. The number of benzene rings is 6. The summed E-state index contributed by atoms with van der Waals surface area (Å²) in [7, 11) is 0. The summed E-state index contributed by atoms with van der Waals surface area (Å²) >= 11 is 0. The number of carbonyl (C=O) groups is 6. The van der Waals surface area contributed by atoms with Crippen LogP contribution in [0.2, 0.25) is 0 Å². The first-order chi connectivity index (χ1) is 39.1. The van der Waals surface area contributed by atoms with Crippen LogP contribution >= 0.6 is 0 Å². The highest BCUT2D eigenvalue weighted by Gasteiger charge is 2.27. The van der Waals surface area contributed by atoms with Crippen molar-refractivity contribution in [2.24, 2.45) is 10.2 Å². The van der Waals surface area contributed by atoms with Gasteiger partial charge in [-0.1, -0.05) is 157 Å². The van der Waals surface area contributed by atoms with Crippen LogP contribution in [-0.2, 0) is 51.1 Å². The van der Waals surface area contributed by atoms with Gasteiger partial charge in [-0.3, -0.25) is 19.2 Å². The van der Waals surface area contributed by atoms with Crippen molar-refractivity contribution < 1.29 is 47.7 Å². The van der Waals surface area contributed by atoms with Crippen molar-refractivity contribution in [3.63, 3.8) is 0 Å². The van der Waals surface area contributed by atoms with Gasteiger partial charge in [0.25, 0.3) is 23.6 Å². The predicted molar refractivity (Wildman–Crippen MR) is 297 cm³/mol. The van der Waals surface area contributed by atoms with Crippen molar-refractivity contribution in [2.75, 3.05) is 52.6 Å². The molecule has 0 bridgehead atoms. The molecule has 16 heteroatoms. The average Bonchev–Trinajstić information content (AvgIpc) is 3.48. The minimum absolute atomic E-state index is 0.0736. The number of rotatable bonds is 20. The lowest BCUT2D eigenvalue weighted by molar-refractivity contribution is -0.154. The Hall–Kier alpha value is -10.4. The van der Waals surface area contributed by atoms with Crippen LogP contribution in [0, 0.1) is 47.4 Å². The van der Waals surface area contributed by atoms with Gasteiger partial charge in [0.1, 0.15) is 35.0 Å². The highest BCUT2D eigenvalue weighted by molar-refractivity contribution is 5.88. The smallest absolute Gasteiger partial charge is 0.329 e. The van der Waals surface area contributed by atoms with E-state index in [1.165, 1.54) is 9.80 Å². The van der Waals surface area contributed by atoms with Gasteiger partial charge in [0.15, 0.2) is 26.4 Å². The molecular formula is C64H54N6O10. The first-order valence-electron chi connectivity index (χ1n) is 25.7. The second-order valence-corrected chi connectivity index (χ2v) is 18.0. The first kappa shape index (κ1) is 55.8. The lowest BCUT2D eigenvalue weighted by Gasteiger charge is -2.21. The largest absolute Gasteiger partial charge is 0.481 e. The van der Waals surface area contributed by atoms with Gasteiger partial charge < -0.3 is 39.4 Å². The van der Waals surface area contributed by atoms with Crippen LogP contribution in [0.4, 0.5) is 11.4 Å². The normalized spacial score (nSPS) is 13.1. The minimum Gasteiger partial charge on any atom is -0.481 e. The summed E-state index contributed by atoms with van der Waals surface area (Å²) in [5, 5.41) is 14.1. The maximum Gasteiger partial charge on any atom is 0.329 e. The van der Waals surface area contributed by atoms with E-state index >= 15 is 0 Å². The molecule has 4 amide bonds. The maximum absolute atomic E-state index is 13.6. The summed E-state index contributed by atoms with van der Waals surface area (Å²) < 4.78 is 22.8. The molecule has 0 fully saturated rings. The number of ether oxygens (including phenoxy) is 4. The SMILES string of the molecule is O=C(COc1ccccc1N=Nc1ccccc1OCC(=O)N[C@@H](Cc1ccccc1)C(=O)OCC(=O)N1CC#Cc2ccccc2C#CCC1)N[C@@H](Cc1ccccc1)C(=O)OCC(=O)N1CC#Cc2ccccc2C#CCC1. The van der Waals surface area contributed by atoms with E-state index in [4.69, 9.17) is 18.9 Å². The summed E-state index contributed by atoms with van der Waals surface area (Å²) in [6, 6.07) is 44.0. The maximum atomic E-state index is 13.6. The highest BCUT2D eigenvalue weighted by Crippen LogP contribution is 2.32. The van der Waals surface area contributed by atoms with Crippen molar-refractivity contribution in [2.45, 2.75) is 37.8 Å². The van der Waals surface area contributed by atoms with Crippen molar-refractivity contribution in [1.29, 1.82) is 0 Å². The van der Waals surface area contributed by atoms with E-state index in [1.807, 2.05) is 60.7 Å². The number of hydrogen-bond acceptors (Lipinski definition) is 12. The molecule has 16 nitrogen and oxygen atoms in total. The Kier molecular flexibility index (Phi) is 20.4. The molecule has 80 heavy (non-hydrogen) atoms. The molecule has 8 rings (SSSR count). The minimum atomic E-state index is -1.17. The van der Waals surface area contributed by atoms with Crippen LogP contribution in [0.15, 0.2) is 168 Å². The van der Waals surface area contributed by atoms with E-state index in [0.717, 1.165) is 33.4 Å². The van der Waals surface area contributed by atoms with Crippen molar-refractivity contribution >= 4 is 46.9 Å². The Morgan fingerprint density at radius 3 is 1.19 bits per heavy atom. The summed E-state index contributed by atoms with van der Waals surface area (Å²) in [6.45, 7) is -1.37. The van der Waals surface area contributed by atoms with E-state index in [0.29, 0.717) is 12.8 Å². The summed E-state index contributed by atoms with van der Waals surface area (Å²) in [5.41, 5.74) is 5.13. The van der Waals surface area contributed by atoms with Gasteiger partial charge in [-0.05, 0) is 59.7 Å². The zero-order valence-electron chi connectivity index (χ0n) is 43.5. The topological polar surface area (TPSA) is 195 Å². The number of para-hydroxylation sites is 2. The number of amides is 4. The van der Waals surface area contributed by atoms with Gasteiger partial charge >= 0.3 is 11.9 Å². The third kappa shape index (κ3) is 17.0. The zero-order chi connectivity index (χ0) is 55.7. The third-order valence-electron chi connectivity index (χ3n) is 12.2. The van der Waals surface area contributed by atoms with E-state index in [2.05, 4.69) is 68.2 Å². The molecule has 6 aromatic rings. The molecule has 2 aliphatic heterocycles. The second-order valence-electron chi connectivity index (χ2n) is 18.0. The van der Waals surface area contributed by atoms with Crippen LogP contribution in [0.3, 0.4) is 0 Å². The van der Waals surface area contributed by atoms with Crippen LogP contribution in [0.25, 0.3) is 0 Å². The number of nitrogens with one attached hydrogen (secondary N) is 2. The Balaban J connectivity index is 0.848. The number of azo groups is 1. The van der Waals surface area contributed by atoms with E-state index in [1.54, 1.807) is 97.1 Å². The van der Waals surface area contributed by atoms with Gasteiger partial charge in [0.05, 0.1) is 13.1 Å². The molecule has 0 aromatic heterocycles. The van der Waals surface area contributed by atoms with Gasteiger partial charge in [0, 0.05) is 61.0 Å². The summed E-state index contributed by atoms with van der Waals surface area (Å²) in [4.78, 5) is 83.7. The number of carbonyl (C=O) groups excluding carboxylic acids is 6. The zero-order valence-corrected chi connectivity index (χ0v) is 43.5. The highest BCUT2D eigenvalue weighted by atomic mass is 16.5. The second kappa shape index (κ2) is 29.2. The molecule has 0 saturated carbocycles. The Labute approximate surface area is 463 Å². The van der Waals surface area contributed by atoms with Crippen LogP contribution in [0.5, 0.6) is 11.5 Å². The standard InChI is InChI=1S/C64H54N6O10/c71-59(65-55(41-47-21-3-1-4-22-47)63(75)79-45-61(73)69-37-17-15-29-49-25-7-9-27-51(49)31-19-39-69)43-77-57-35-13-11-33-53(57)67-68-54-34-12-14-36-58(54)78-44-60(72)66-56(42-48-23-5-2-6-24-48)64(76)80-46-62(74)70-38-18-16-30-50-26-8-10-28-52(50)32-20-40-70/h1-14,21-28,33-36,55-56H,17-18,37-46H2,(H,65,71)(H,66,72)/t55-,56-/m0/s1. The molecule has 2 heterocycles. The number of fused-ring (bicyclic) bond motifs is 2. The lowest BCUT2D eigenvalue weighted by atomic mass is 10.1. The number of nitrogens with zero attached hydrogens (tertiary/aromatic N) is 4. The third-order valence-corrected chi connectivity index (χ3v) is 12.2. The quantitative estimate of drug-likeness (QED) is 0.0474. The van der Waals surface area contributed by atoms with E-state index < -0.39 is 74.1 Å². The fourth-order valence-electron chi connectivity index (χ4n) is 8.07. The molecule has 0 aliphatic carbocycles. The fourth-order valence-corrected chi connectivity index (χ4v) is 8.07. The lowest BCUT2D eigenvalue weighted by Crippen LogP contribution is -2.46. The molecule has 0 spiro atoms. The monoisotopic (exact) mass is 1070 g/mol. The van der Waals surface area contributed by atoms with Crippen LogP contribution < -0.4 is 20.1 Å². The Morgan fingerprint density at radius 1 is 0.438 bits per heavy atom. The molecular weight excluding hydrogens is 1010 g/mol. The predicted octanol–water partition coefficient (Wildman–Crippen LogP) is 6.67. The molecule has 0 saturated heterocycles. The fraction of sp³-hybridized carbons (Fsp3) is 0.219. The van der Waals surface area contributed by atoms with E-state index in [-0.39, 0.29) is 61.9 Å². The van der Waals surface area contributed by atoms with Gasteiger partial charge in [0.2, 0.25) is 0 Å². The first-order valence-corrected chi connectivity index (χ1v) is 25.7. The Bertz CT molecular complexity index is 3270. The number of esters is 2. The van der Waals surface area contributed by atoms with Crippen molar-refractivity contribution in [3.05, 3.63) is 191 Å². The number of hydrogen-bond donors (Lipinski definition) is 2. The molecule has 0 unspecified atom stereocenters. The molecule has 2 atom stereocenters. The van der Waals surface area contributed by atoms with Gasteiger partial charge in [-0.2, -0.15) is 0 Å². The Morgan fingerprint density at radius 2 is 0.787 bits per heavy atom. The molecule has 2 N–H and O–H groups in total. The molecule has 400 valence electrons. The van der Waals surface area contributed by atoms with Gasteiger partial charge in [-0.25, -0.2) is 9.59 Å². The van der Waals surface area contributed by atoms with Crippen molar-refractivity contribution in [1.82, 2.24) is 20.4 Å². The van der Waals surface area contributed by atoms with Crippen LogP contribution in [-0.4, -0.2) is 110 Å². The van der Waals surface area contributed by atoms with Gasteiger partial charge in [-0.15, -0.1) is 10.2 Å².